The van der Waals surface area contributed by atoms with Gasteiger partial charge in [0.2, 0.25) is 0 Å². The van der Waals surface area contributed by atoms with Gasteiger partial charge in [0, 0.05) is 12.3 Å². The van der Waals surface area contributed by atoms with Crippen molar-refractivity contribution in [1.29, 1.82) is 0 Å². The van der Waals surface area contributed by atoms with Gasteiger partial charge in [-0.15, -0.1) is 11.6 Å². The highest BCUT2D eigenvalue weighted by atomic mass is 35.5. The highest BCUT2D eigenvalue weighted by Crippen LogP contribution is 1.95. The van der Waals surface area contributed by atoms with Crippen molar-refractivity contribution < 1.29 is 0 Å². The molecule has 4 N–H and O–H groups in total. The molecule has 0 aliphatic carbocycles. The molecule has 0 aromatic heterocycles. The largest absolute Gasteiger partial charge is 0.386 e. The van der Waals surface area contributed by atoms with E-state index < -0.39 is 0 Å². The highest BCUT2D eigenvalue weighted by molar-refractivity contribution is 6.17. The Balaban J connectivity index is 3.07. The third-order valence-electron chi connectivity index (χ3n) is 0.982. The standard InChI is InChI=1S/C5H12ClN3/c6-4-2-1-3-5(7)9-8/h1-4,8H2,(H2,7,9). The number of halogens is 1. The van der Waals surface area contributed by atoms with E-state index in [1.165, 1.54) is 0 Å². The molecule has 0 aliphatic rings. The smallest absolute Gasteiger partial charge is 0.119 e. The van der Waals surface area contributed by atoms with Crippen LogP contribution >= 0.6 is 11.6 Å². The lowest BCUT2D eigenvalue weighted by Crippen LogP contribution is -2.13. The van der Waals surface area contributed by atoms with Crippen LogP contribution in [-0.4, -0.2) is 11.7 Å². The zero-order valence-corrected chi connectivity index (χ0v) is 6.06. The van der Waals surface area contributed by atoms with E-state index >= 15 is 0 Å². The number of unbranched alkanes of at least 4 members (excludes halogenated alkanes) is 1. The number of rotatable bonds is 4. The lowest BCUT2D eigenvalue weighted by Gasteiger charge is -1.94. The van der Waals surface area contributed by atoms with Crippen molar-refractivity contribution in [1.82, 2.24) is 0 Å². The van der Waals surface area contributed by atoms with Crippen LogP contribution in [0.3, 0.4) is 0 Å². The maximum absolute atomic E-state index is 5.42. The average Bonchev–Trinajstić information content (AvgIpc) is 1.89. The highest BCUT2D eigenvalue weighted by Gasteiger charge is 1.90. The van der Waals surface area contributed by atoms with Crippen molar-refractivity contribution in [2.24, 2.45) is 16.7 Å². The van der Waals surface area contributed by atoms with Crippen molar-refractivity contribution in [2.45, 2.75) is 19.3 Å². The minimum atomic E-state index is 0.500. The summed E-state index contributed by atoms with van der Waals surface area (Å²) in [5.41, 5.74) is 5.30. The predicted octanol–water partition coefficient (Wildman–Crippen LogP) is 0.626. The lowest BCUT2D eigenvalue weighted by molar-refractivity contribution is 0.833. The van der Waals surface area contributed by atoms with Gasteiger partial charge in [-0.1, -0.05) is 0 Å². The normalized spacial score (nSPS) is 11.9. The zero-order chi connectivity index (χ0) is 7.11. The fourth-order valence-corrected chi connectivity index (χ4v) is 0.654. The number of amidine groups is 1. The molecule has 0 unspecified atom stereocenters. The van der Waals surface area contributed by atoms with E-state index in [4.69, 9.17) is 23.2 Å². The number of hydrogen-bond donors (Lipinski definition) is 2. The van der Waals surface area contributed by atoms with Gasteiger partial charge in [-0.2, -0.15) is 5.10 Å². The quantitative estimate of drug-likeness (QED) is 0.154. The summed E-state index contributed by atoms with van der Waals surface area (Å²) in [6, 6.07) is 0. The van der Waals surface area contributed by atoms with E-state index in [-0.39, 0.29) is 0 Å². The molecule has 9 heavy (non-hydrogen) atoms. The third-order valence-corrected chi connectivity index (χ3v) is 1.25. The van der Waals surface area contributed by atoms with Crippen molar-refractivity contribution in [3.05, 3.63) is 0 Å². The van der Waals surface area contributed by atoms with Crippen LogP contribution in [0.4, 0.5) is 0 Å². The summed E-state index contributed by atoms with van der Waals surface area (Å²) in [6.07, 6.45) is 2.69. The van der Waals surface area contributed by atoms with Gasteiger partial charge in [0.1, 0.15) is 5.84 Å². The Kier molecular flexibility index (Phi) is 5.41. The molecule has 0 aromatic carbocycles. The molecule has 0 saturated carbocycles. The molecular formula is C5H12ClN3. The Bertz CT molecular complexity index is 92.2. The first-order chi connectivity index (χ1) is 4.31. The van der Waals surface area contributed by atoms with E-state index in [0.29, 0.717) is 11.7 Å². The van der Waals surface area contributed by atoms with Crippen LogP contribution in [0.1, 0.15) is 19.3 Å². The Hall–Kier alpha value is -0.440. The van der Waals surface area contributed by atoms with Gasteiger partial charge in [-0.25, -0.2) is 0 Å². The molecule has 54 valence electrons. The summed E-state index contributed by atoms with van der Waals surface area (Å²) in [6.45, 7) is 0. The number of alkyl halides is 1. The lowest BCUT2D eigenvalue weighted by atomic mass is 10.2. The molecule has 3 nitrogen and oxygen atoms in total. The zero-order valence-electron chi connectivity index (χ0n) is 5.31. The SMILES string of the molecule is N/N=C(\N)CCCCCl. The molecule has 0 spiro atoms. The molecule has 0 aromatic rings. The minimum absolute atomic E-state index is 0.500. The summed E-state index contributed by atoms with van der Waals surface area (Å²) in [5, 5.41) is 3.31. The van der Waals surface area contributed by atoms with Gasteiger partial charge >= 0.3 is 0 Å². The Morgan fingerprint density at radius 2 is 2.11 bits per heavy atom. The predicted molar refractivity (Wildman–Crippen MR) is 40.4 cm³/mol. The number of nitrogens with two attached hydrogens (primary N) is 2. The first-order valence-corrected chi connectivity index (χ1v) is 3.43. The summed E-state index contributed by atoms with van der Waals surface area (Å²) in [5.74, 6) is 6.06. The fourth-order valence-electron chi connectivity index (χ4n) is 0.465. The Morgan fingerprint density at radius 1 is 1.44 bits per heavy atom. The summed E-state index contributed by atoms with van der Waals surface area (Å²) in [4.78, 5) is 0. The second kappa shape index (κ2) is 5.69. The van der Waals surface area contributed by atoms with Crippen LogP contribution in [-0.2, 0) is 0 Å². The number of hydrogen-bond acceptors (Lipinski definition) is 2. The molecule has 0 rings (SSSR count). The summed E-state index contributed by atoms with van der Waals surface area (Å²) >= 11 is 5.42. The minimum Gasteiger partial charge on any atom is -0.386 e. The number of hydrazone groups is 1. The maximum atomic E-state index is 5.42. The van der Waals surface area contributed by atoms with Crippen LogP contribution in [0.2, 0.25) is 0 Å². The fraction of sp³-hybridized carbons (Fsp3) is 0.800. The Labute approximate surface area is 60.0 Å². The summed E-state index contributed by atoms with van der Waals surface area (Å²) in [7, 11) is 0. The molecule has 0 amide bonds. The van der Waals surface area contributed by atoms with E-state index in [0.717, 1.165) is 19.3 Å². The van der Waals surface area contributed by atoms with Crippen molar-refractivity contribution in [3.8, 4) is 0 Å². The first kappa shape index (κ1) is 8.56. The summed E-state index contributed by atoms with van der Waals surface area (Å²) < 4.78 is 0. The van der Waals surface area contributed by atoms with E-state index in [9.17, 15) is 0 Å². The van der Waals surface area contributed by atoms with Gasteiger partial charge in [0.05, 0.1) is 0 Å². The molecule has 0 saturated heterocycles. The van der Waals surface area contributed by atoms with Crippen LogP contribution in [0, 0.1) is 0 Å². The topological polar surface area (TPSA) is 64.4 Å². The van der Waals surface area contributed by atoms with Crippen molar-refractivity contribution in [3.63, 3.8) is 0 Å². The molecule has 0 heterocycles. The molecule has 0 bridgehead atoms. The van der Waals surface area contributed by atoms with Crippen LogP contribution in [0.5, 0.6) is 0 Å². The van der Waals surface area contributed by atoms with Crippen LogP contribution in [0.25, 0.3) is 0 Å². The van der Waals surface area contributed by atoms with Gasteiger partial charge in [-0.05, 0) is 12.8 Å². The monoisotopic (exact) mass is 149 g/mol. The second-order valence-corrected chi connectivity index (χ2v) is 2.14. The molecule has 4 heteroatoms. The molecule has 0 atom stereocenters. The van der Waals surface area contributed by atoms with Gasteiger partial charge < -0.3 is 11.6 Å². The van der Waals surface area contributed by atoms with Crippen LogP contribution in [0.15, 0.2) is 5.10 Å². The Morgan fingerprint density at radius 3 is 2.56 bits per heavy atom. The maximum Gasteiger partial charge on any atom is 0.119 e. The van der Waals surface area contributed by atoms with E-state index in [1.807, 2.05) is 0 Å². The molecular weight excluding hydrogens is 138 g/mol. The first-order valence-electron chi connectivity index (χ1n) is 2.89. The third kappa shape index (κ3) is 5.43. The molecule has 0 aliphatic heterocycles. The van der Waals surface area contributed by atoms with E-state index in [1.54, 1.807) is 0 Å². The average molecular weight is 150 g/mol. The van der Waals surface area contributed by atoms with Crippen molar-refractivity contribution >= 4 is 17.4 Å². The van der Waals surface area contributed by atoms with Gasteiger partial charge in [-0.3, -0.25) is 0 Å². The van der Waals surface area contributed by atoms with Crippen molar-refractivity contribution in [2.75, 3.05) is 5.88 Å². The van der Waals surface area contributed by atoms with E-state index in [2.05, 4.69) is 5.10 Å². The molecule has 0 radical (unpaired) electrons. The van der Waals surface area contributed by atoms with Gasteiger partial charge in [0.15, 0.2) is 0 Å². The second-order valence-electron chi connectivity index (χ2n) is 1.77. The van der Waals surface area contributed by atoms with Crippen LogP contribution < -0.4 is 11.6 Å². The number of nitrogens with zero attached hydrogens (tertiary/aromatic N) is 1. The molecule has 0 fully saturated rings. The van der Waals surface area contributed by atoms with Gasteiger partial charge in [0.25, 0.3) is 0 Å².